The first-order valence-corrected chi connectivity index (χ1v) is 5.78. The lowest BCUT2D eigenvalue weighted by Gasteiger charge is -2.18. The summed E-state index contributed by atoms with van der Waals surface area (Å²) in [6.45, 7) is 0.698. The molecule has 0 radical (unpaired) electrons. The van der Waals surface area contributed by atoms with Gasteiger partial charge in [-0.3, -0.25) is 0 Å². The summed E-state index contributed by atoms with van der Waals surface area (Å²) in [5.41, 5.74) is 6.45. The van der Waals surface area contributed by atoms with Gasteiger partial charge in [0.25, 0.3) is 0 Å². The number of rotatable bonds is 1. The second-order valence-corrected chi connectivity index (χ2v) is 4.46. The maximum absolute atomic E-state index is 9.60. The lowest BCUT2D eigenvalue weighted by Crippen LogP contribution is -2.23. The van der Waals surface area contributed by atoms with E-state index in [-0.39, 0.29) is 5.95 Å². The molecule has 3 rings (SSSR count). The third kappa shape index (κ3) is 1.75. The number of aliphatic hydroxyl groups excluding tert-OH is 2. The van der Waals surface area contributed by atoms with Crippen molar-refractivity contribution in [2.45, 2.75) is 12.2 Å². The predicted octanol–water partition coefficient (Wildman–Crippen LogP) is -0.246. The molecule has 0 amide bonds. The second kappa shape index (κ2) is 4.08. The van der Waals surface area contributed by atoms with E-state index >= 15 is 0 Å². The van der Waals surface area contributed by atoms with Crippen LogP contribution in [0, 0.1) is 0 Å². The predicted molar refractivity (Wildman–Crippen MR) is 68.2 cm³/mol. The zero-order valence-corrected chi connectivity index (χ0v) is 9.69. The molecule has 1 aromatic carbocycles. The van der Waals surface area contributed by atoms with Crippen LogP contribution in [0.25, 0.3) is 10.9 Å². The molecule has 2 heterocycles. The number of fused-ring (bicyclic) bond motifs is 1. The van der Waals surface area contributed by atoms with Crippen LogP contribution in [-0.2, 0) is 0 Å². The SMILES string of the molecule is Nc1nc(N2CC(O)C(O)C2)c2ccccc2n1. The summed E-state index contributed by atoms with van der Waals surface area (Å²) in [5.74, 6) is 0.855. The molecule has 18 heavy (non-hydrogen) atoms. The fourth-order valence-corrected chi connectivity index (χ4v) is 2.26. The summed E-state index contributed by atoms with van der Waals surface area (Å²) in [7, 11) is 0. The van der Waals surface area contributed by atoms with E-state index < -0.39 is 12.2 Å². The van der Waals surface area contributed by atoms with Crippen molar-refractivity contribution < 1.29 is 10.2 Å². The molecule has 2 aromatic rings. The van der Waals surface area contributed by atoms with Gasteiger partial charge >= 0.3 is 0 Å². The molecule has 1 aromatic heterocycles. The average molecular weight is 246 g/mol. The standard InChI is InChI=1S/C12H14N4O2/c13-12-14-8-4-2-1-3-7(8)11(15-12)16-5-9(17)10(18)6-16/h1-4,9-10,17-18H,5-6H2,(H2,13,14,15). The minimum atomic E-state index is -0.750. The highest BCUT2D eigenvalue weighted by Gasteiger charge is 2.31. The molecule has 1 saturated heterocycles. The second-order valence-electron chi connectivity index (χ2n) is 4.46. The van der Waals surface area contributed by atoms with Crippen LogP contribution in [0.15, 0.2) is 24.3 Å². The first kappa shape index (κ1) is 11.2. The molecular weight excluding hydrogens is 232 g/mol. The summed E-state index contributed by atoms with van der Waals surface area (Å²) in [6, 6.07) is 7.54. The Morgan fingerprint density at radius 3 is 2.50 bits per heavy atom. The summed E-state index contributed by atoms with van der Waals surface area (Å²) < 4.78 is 0. The average Bonchev–Trinajstić information content (AvgIpc) is 2.68. The lowest BCUT2D eigenvalue weighted by molar-refractivity contribution is 0.0572. The first-order valence-electron chi connectivity index (χ1n) is 5.78. The number of aromatic nitrogens is 2. The van der Waals surface area contributed by atoms with Crippen LogP contribution in [0.3, 0.4) is 0 Å². The smallest absolute Gasteiger partial charge is 0.222 e. The Morgan fingerprint density at radius 1 is 1.11 bits per heavy atom. The van der Waals surface area contributed by atoms with Crippen molar-refractivity contribution in [3.63, 3.8) is 0 Å². The molecule has 0 spiro atoms. The van der Waals surface area contributed by atoms with E-state index in [2.05, 4.69) is 9.97 Å². The van der Waals surface area contributed by atoms with Gasteiger partial charge in [0.2, 0.25) is 5.95 Å². The van der Waals surface area contributed by atoms with Crippen molar-refractivity contribution in [1.82, 2.24) is 9.97 Å². The minimum absolute atomic E-state index is 0.194. The number of nitrogen functional groups attached to an aromatic ring is 1. The van der Waals surface area contributed by atoms with E-state index in [1.807, 2.05) is 29.2 Å². The lowest BCUT2D eigenvalue weighted by atomic mass is 10.2. The topological polar surface area (TPSA) is 95.5 Å². The van der Waals surface area contributed by atoms with Gasteiger partial charge in [0.05, 0.1) is 17.7 Å². The number of nitrogens with zero attached hydrogens (tertiary/aromatic N) is 3. The van der Waals surface area contributed by atoms with Gasteiger partial charge in [0.15, 0.2) is 0 Å². The quantitative estimate of drug-likeness (QED) is 0.642. The molecular formula is C12H14N4O2. The maximum Gasteiger partial charge on any atom is 0.222 e. The van der Waals surface area contributed by atoms with Crippen molar-refractivity contribution in [2.75, 3.05) is 23.7 Å². The van der Waals surface area contributed by atoms with Crippen molar-refractivity contribution in [1.29, 1.82) is 0 Å². The molecule has 6 nitrogen and oxygen atoms in total. The molecule has 6 heteroatoms. The molecule has 0 bridgehead atoms. The fourth-order valence-electron chi connectivity index (χ4n) is 2.26. The third-order valence-corrected chi connectivity index (χ3v) is 3.16. The summed E-state index contributed by atoms with van der Waals surface area (Å²) in [6.07, 6.45) is -1.50. The monoisotopic (exact) mass is 246 g/mol. The highest BCUT2D eigenvalue weighted by atomic mass is 16.3. The number of benzene rings is 1. The van der Waals surface area contributed by atoms with Crippen molar-refractivity contribution in [3.8, 4) is 0 Å². The van der Waals surface area contributed by atoms with E-state index in [9.17, 15) is 10.2 Å². The Kier molecular flexibility index (Phi) is 2.53. The van der Waals surface area contributed by atoms with Crippen molar-refractivity contribution in [3.05, 3.63) is 24.3 Å². The highest BCUT2D eigenvalue weighted by molar-refractivity contribution is 5.90. The fraction of sp³-hybridized carbons (Fsp3) is 0.333. The van der Waals surface area contributed by atoms with Gasteiger partial charge < -0.3 is 20.8 Å². The van der Waals surface area contributed by atoms with Crippen LogP contribution in [0.2, 0.25) is 0 Å². The molecule has 1 aliphatic heterocycles. The molecule has 0 saturated carbocycles. The Labute approximate surface area is 104 Å². The highest BCUT2D eigenvalue weighted by Crippen LogP contribution is 2.27. The van der Waals surface area contributed by atoms with Gasteiger partial charge in [-0.15, -0.1) is 0 Å². The van der Waals surface area contributed by atoms with E-state index in [1.165, 1.54) is 0 Å². The molecule has 2 unspecified atom stereocenters. The Balaban J connectivity index is 2.11. The van der Waals surface area contributed by atoms with Gasteiger partial charge in [0, 0.05) is 18.5 Å². The minimum Gasteiger partial charge on any atom is -0.389 e. The van der Waals surface area contributed by atoms with Gasteiger partial charge in [-0.25, -0.2) is 4.98 Å². The Bertz CT molecular complexity index is 579. The zero-order chi connectivity index (χ0) is 12.7. The third-order valence-electron chi connectivity index (χ3n) is 3.16. The van der Waals surface area contributed by atoms with E-state index in [1.54, 1.807) is 0 Å². The van der Waals surface area contributed by atoms with Crippen LogP contribution in [0.5, 0.6) is 0 Å². The number of hydrogen-bond acceptors (Lipinski definition) is 6. The van der Waals surface area contributed by atoms with Gasteiger partial charge in [0.1, 0.15) is 5.82 Å². The number of hydrogen-bond donors (Lipinski definition) is 3. The Hall–Kier alpha value is -1.92. The van der Waals surface area contributed by atoms with E-state index in [0.717, 1.165) is 10.9 Å². The molecule has 1 aliphatic rings. The molecule has 2 atom stereocenters. The van der Waals surface area contributed by atoms with Gasteiger partial charge in [-0.1, -0.05) is 12.1 Å². The summed E-state index contributed by atoms with van der Waals surface area (Å²) in [4.78, 5) is 10.2. The molecule has 0 aliphatic carbocycles. The largest absolute Gasteiger partial charge is 0.389 e. The normalized spacial score (nSPS) is 23.8. The van der Waals surface area contributed by atoms with Crippen LogP contribution in [-0.4, -0.2) is 45.5 Å². The summed E-state index contributed by atoms with van der Waals surface area (Å²) in [5, 5.41) is 20.1. The van der Waals surface area contributed by atoms with Crippen LogP contribution < -0.4 is 10.6 Å². The zero-order valence-electron chi connectivity index (χ0n) is 9.69. The van der Waals surface area contributed by atoms with Crippen molar-refractivity contribution >= 4 is 22.7 Å². The van der Waals surface area contributed by atoms with Gasteiger partial charge in [-0.2, -0.15) is 4.98 Å². The molecule has 94 valence electrons. The van der Waals surface area contributed by atoms with Crippen molar-refractivity contribution in [2.24, 2.45) is 0 Å². The number of anilines is 2. The molecule has 1 fully saturated rings. The number of β-amino-alcohol motifs (C(OH)–C–C–N with tert-alkyl or cyclic N) is 2. The Morgan fingerprint density at radius 2 is 1.78 bits per heavy atom. The number of nitrogens with two attached hydrogens (primary N) is 1. The van der Waals surface area contributed by atoms with Crippen LogP contribution >= 0.6 is 0 Å². The van der Waals surface area contributed by atoms with Crippen LogP contribution in [0.1, 0.15) is 0 Å². The number of aliphatic hydroxyl groups is 2. The number of para-hydroxylation sites is 1. The van der Waals surface area contributed by atoms with Crippen LogP contribution in [0.4, 0.5) is 11.8 Å². The first-order chi connectivity index (χ1) is 8.65. The summed E-state index contributed by atoms with van der Waals surface area (Å²) >= 11 is 0. The van der Waals surface area contributed by atoms with E-state index in [0.29, 0.717) is 18.9 Å². The molecule has 4 N–H and O–H groups in total. The van der Waals surface area contributed by atoms with Gasteiger partial charge in [-0.05, 0) is 12.1 Å². The maximum atomic E-state index is 9.60. The van der Waals surface area contributed by atoms with E-state index in [4.69, 9.17) is 5.73 Å².